The molecule has 2 aromatic heterocycles. The number of hydrogen-bond acceptors (Lipinski definition) is 5. The van der Waals surface area contributed by atoms with Gasteiger partial charge in [-0.2, -0.15) is 0 Å². The van der Waals surface area contributed by atoms with E-state index in [0.29, 0.717) is 38.6 Å². The van der Waals surface area contributed by atoms with Crippen molar-refractivity contribution in [3.8, 4) is 0 Å². The Labute approximate surface area is 165 Å². The number of likely N-dealkylation sites (tertiary alicyclic amines) is 1. The summed E-state index contributed by atoms with van der Waals surface area (Å²) in [5.41, 5.74) is 2.11. The molecule has 152 valence electrons. The number of nitrogens with zero attached hydrogens (tertiary/aromatic N) is 4. The Kier molecular flexibility index (Phi) is 5.15. The maximum atomic E-state index is 12.9. The van der Waals surface area contributed by atoms with Crippen molar-refractivity contribution in [2.24, 2.45) is 0 Å². The fourth-order valence-electron chi connectivity index (χ4n) is 4.15. The van der Waals surface area contributed by atoms with Crippen molar-refractivity contribution in [2.75, 3.05) is 46.8 Å². The Bertz CT molecular complexity index is 957. The van der Waals surface area contributed by atoms with Gasteiger partial charge in [0.05, 0.1) is 6.54 Å². The van der Waals surface area contributed by atoms with Crippen LogP contribution in [-0.4, -0.2) is 90.5 Å². The minimum absolute atomic E-state index is 0.0110. The molecule has 1 N–H and O–H groups in total. The molecule has 0 aliphatic carbocycles. The average Bonchev–Trinajstić information content (AvgIpc) is 3.03. The highest BCUT2D eigenvalue weighted by molar-refractivity contribution is 7.89. The Hall–Kier alpha value is -1.97. The van der Waals surface area contributed by atoms with Crippen LogP contribution in [0, 0.1) is 0 Å². The molecule has 1 amide bonds. The molecule has 2 fully saturated rings. The molecular weight excluding hydrogens is 378 g/mol. The number of amides is 1. The van der Waals surface area contributed by atoms with Gasteiger partial charge in [0.15, 0.2) is 0 Å². The van der Waals surface area contributed by atoms with Gasteiger partial charge in [0.2, 0.25) is 15.9 Å². The number of sulfonamides is 1. The zero-order valence-electron chi connectivity index (χ0n) is 16.3. The summed E-state index contributed by atoms with van der Waals surface area (Å²) in [6.45, 7) is 1.99. The molecule has 4 rings (SSSR count). The SMILES string of the molecule is CN(C)CC(=O)N1CC(S(=O)(=O)N2CCC(c3c[nH]c4ncccc34)CC2)C1. The molecule has 2 aliphatic heterocycles. The molecule has 9 heteroatoms. The van der Waals surface area contributed by atoms with Gasteiger partial charge in [-0.1, -0.05) is 0 Å². The van der Waals surface area contributed by atoms with Crippen molar-refractivity contribution < 1.29 is 13.2 Å². The van der Waals surface area contributed by atoms with E-state index < -0.39 is 15.3 Å². The van der Waals surface area contributed by atoms with Crippen molar-refractivity contribution in [2.45, 2.75) is 24.0 Å². The average molecular weight is 406 g/mol. The van der Waals surface area contributed by atoms with Crippen LogP contribution in [0.2, 0.25) is 0 Å². The van der Waals surface area contributed by atoms with Gasteiger partial charge in [-0.25, -0.2) is 17.7 Å². The van der Waals surface area contributed by atoms with Crippen LogP contribution in [0.15, 0.2) is 24.5 Å². The summed E-state index contributed by atoms with van der Waals surface area (Å²) in [6, 6.07) is 3.99. The van der Waals surface area contributed by atoms with E-state index in [4.69, 9.17) is 0 Å². The van der Waals surface area contributed by atoms with Gasteiger partial charge in [-0.15, -0.1) is 0 Å². The van der Waals surface area contributed by atoms with Crippen LogP contribution in [0.25, 0.3) is 11.0 Å². The van der Waals surface area contributed by atoms with Crippen molar-refractivity contribution >= 4 is 27.0 Å². The van der Waals surface area contributed by atoms with Crippen LogP contribution in [-0.2, 0) is 14.8 Å². The Morgan fingerprint density at radius 2 is 2.00 bits per heavy atom. The van der Waals surface area contributed by atoms with E-state index in [9.17, 15) is 13.2 Å². The lowest BCUT2D eigenvalue weighted by atomic mass is 9.90. The smallest absolute Gasteiger partial charge is 0.236 e. The summed E-state index contributed by atoms with van der Waals surface area (Å²) in [5, 5.41) is 0.658. The first kappa shape index (κ1) is 19.4. The van der Waals surface area contributed by atoms with E-state index in [2.05, 4.69) is 16.0 Å². The van der Waals surface area contributed by atoms with Crippen LogP contribution in [0.1, 0.15) is 24.3 Å². The van der Waals surface area contributed by atoms with E-state index >= 15 is 0 Å². The predicted octanol–water partition coefficient (Wildman–Crippen LogP) is 0.845. The summed E-state index contributed by atoms with van der Waals surface area (Å²) in [7, 11) is 0.317. The van der Waals surface area contributed by atoms with Crippen molar-refractivity contribution in [3.63, 3.8) is 0 Å². The zero-order chi connectivity index (χ0) is 19.9. The summed E-state index contributed by atoms with van der Waals surface area (Å²) < 4.78 is 27.5. The number of rotatable bonds is 5. The van der Waals surface area contributed by atoms with Gasteiger partial charge in [0, 0.05) is 44.0 Å². The predicted molar refractivity (Wildman–Crippen MR) is 107 cm³/mol. The molecule has 0 unspecified atom stereocenters. The maximum Gasteiger partial charge on any atom is 0.236 e. The first-order valence-corrected chi connectivity index (χ1v) is 11.2. The number of fused-ring (bicyclic) bond motifs is 1. The molecule has 0 atom stereocenters. The lowest BCUT2D eigenvalue weighted by molar-refractivity contribution is -0.135. The fraction of sp³-hybridized carbons (Fsp3) is 0.579. The maximum absolute atomic E-state index is 12.9. The topological polar surface area (TPSA) is 89.6 Å². The number of carbonyl (C=O) groups excluding carboxylic acids is 1. The van der Waals surface area contributed by atoms with Crippen molar-refractivity contribution in [1.29, 1.82) is 0 Å². The molecule has 0 aromatic carbocycles. The molecule has 0 bridgehead atoms. The third-order valence-electron chi connectivity index (χ3n) is 5.81. The second-order valence-corrected chi connectivity index (χ2v) is 10.2. The van der Waals surface area contributed by atoms with Gasteiger partial charge in [-0.05, 0) is 50.6 Å². The van der Waals surface area contributed by atoms with Crippen LogP contribution in [0.4, 0.5) is 0 Å². The number of nitrogens with one attached hydrogen (secondary N) is 1. The van der Waals surface area contributed by atoms with E-state index in [1.165, 1.54) is 5.56 Å². The molecule has 4 heterocycles. The first-order chi connectivity index (χ1) is 13.4. The van der Waals surface area contributed by atoms with E-state index in [0.717, 1.165) is 23.9 Å². The molecular formula is C19H27N5O3S. The van der Waals surface area contributed by atoms with Crippen LogP contribution in [0.3, 0.4) is 0 Å². The first-order valence-electron chi connectivity index (χ1n) is 9.69. The minimum Gasteiger partial charge on any atom is -0.346 e. The fourth-order valence-corrected chi connectivity index (χ4v) is 6.03. The lowest BCUT2D eigenvalue weighted by Gasteiger charge is -2.42. The molecule has 0 spiro atoms. The molecule has 2 saturated heterocycles. The summed E-state index contributed by atoms with van der Waals surface area (Å²) >= 11 is 0. The highest BCUT2D eigenvalue weighted by atomic mass is 32.2. The molecule has 2 aromatic rings. The summed E-state index contributed by atoms with van der Waals surface area (Å²) in [4.78, 5) is 23.0. The highest BCUT2D eigenvalue weighted by Gasteiger charge is 2.43. The third kappa shape index (κ3) is 3.54. The van der Waals surface area contributed by atoms with Gasteiger partial charge < -0.3 is 14.8 Å². The molecule has 8 nitrogen and oxygen atoms in total. The summed E-state index contributed by atoms with van der Waals surface area (Å²) in [5.74, 6) is 0.326. The van der Waals surface area contributed by atoms with Crippen molar-refractivity contribution in [1.82, 2.24) is 24.1 Å². The third-order valence-corrected chi connectivity index (χ3v) is 8.04. The number of likely N-dealkylation sites (N-methyl/N-ethyl adjacent to an activating group) is 1. The van der Waals surface area contributed by atoms with Gasteiger partial charge in [0.25, 0.3) is 0 Å². The van der Waals surface area contributed by atoms with Crippen LogP contribution in [0.5, 0.6) is 0 Å². The van der Waals surface area contributed by atoms with E-state index in [-0.39, 0.29) is 5.91 Å². The van der Waals surface area contributed by atoms with Gasteiger partial charge in [0.1, 0.15) is 10.9 Å². The Morgan fingerprint density at radius 1 is 1.29 bits per heavy atom. The lowest BCUT2D eigenvalue weighted by Crippen LogP contribution is -2.61. The van der Waals surface area contributed by atoms with Gasteiger partial charge in [-0.3, -0.25) is 4.79 Å². The number of aromatic nitrogens is 2. The van der Waals surface area contributed by atoms with Gasteiger partial charge >= 0.3 is 0 Å². The number of hydrogen-bond donors (Lipinski definition) is 1. The van der Waals surface area contributed by atoms with Crippen LogP contribution >= 0.6 is 0 Å². The Morgan fingerprint density at radius 3 is 2.68 bits per heavy atom. The molecule has 0 radical (unpaired) electrons. The van der Waals surface area contributed by atoms with E-state index in [1.54, 1.807) is 20.3 Å². The largest absolute Gasteiger partial charge is 0.346 e. The standard InChI is InChI=1S/C19H27N5O3S/c1-22(2)13-18(25)23-11-15(12-23)28(26,27)24-8-5-14(6-9-24)17-10-21-19-16(17)4-3-7-20-19/h3-4,7,10,14-15H,5-6,8-9,11-13H2,1-2H3,(H,20,21). The molecule has 0 saturated carbocycles. The second kappa shape index (κ2) is 7.46. The minimum atomic E-state index is -3.35. The van der Waals surface area contributed by atoms with Crippen LogP contribution < -0.4 is 0 Å². The number of carbonyl (C=O) groups is 1. The summed E-state index contributed by atoms with van der Waals surface area (Å²) in [6.07, 6.45) is 5.38. The highest BCUT2D eigenvalue weighted by Crippen LogP contribution is 2.34. The van der Waals surface area contributed by atoms with E-state index in [1.807, 2.05) is 26.4 Å². The number of H-pyrrole nitrogens is 1. The quantitative estimate of drug-likeness (QED) is 0.796. The number of aromatic amines is 1. The normalized spacial score (nSPS) is 20.0. The van der Waals surface area contributed by atoms with Crippen molar-refractivity contribution in [3.05, 3.63) is 30.1 Å². The molecule has 28 heavy (non-hydrogen) atoms. The molecule has 2 aliphatic rings. The number of pyridine rings is 1. The monoisotopic (exact) mass is 405 g/mol. The Balaban J connectivity index is 1.35. The number of piperidine rings is 1. The second-order valence-electron chi connectivity index (χ2n) is 8.02. The zero-order valence-corrected chi connectivity index (χ0v) is 17.2.